The summed E-state index contributed by atoms with van der Waals surface area (Å²) in [4.78, 5) is 21.4. The highest BCUT2D eigenvalue weighted by molar-refractivity contribution is 8.00. The van der Waals surface area contributed by atoms with E-state index in [1.54, 1.807) is 30.5 Å². The van der Waals surface area contributed by atoms with Crippen LogP contribution < -0.4 is 10.0 Å². The van der Waals surface area contributed by atoms with Gasteiger partial charge >= 0.3 is 0 Å². The molecule has 5 rings (SSSR count). The van der Waals surface area contributed by atoms with Gasteiger partial charge in [0.05, 0.1) is 26.2 Å². The van der Waals surface area contributed by atoms with Gasteiger partial charge in [0, 0.05) is 37.8 Å². The molecule has 0 radical (unpaired) electrons. The fraction of sp³-hybridized carbons (Fsp3) is 0.222. The molecule has 6 nitrogen and oxygen atoms in total. The molecule has 0 saturated carbocycles. The number of ether oxygens (including phenoxy) is 1. The highest BCUT2D eigenvalue weighted by Gasteiger charge is 2.25. The van der Waals surface area contributed by atoms with Crippen LogP contribution in [-0.4, -0.2) is 29.1 Å². The van der Waals surface area contributed by atoms with Gasteiger partial charge in [-0.3, -0.25) is 4.79 Å². The van der Waals surface area contributed by atoms with Crippen LogP contribution in [0.25, 0.3) is 21.7 Å². The SMILES string of the molecule is CC(=O)Nc1cc(-c2sc(C3CCOCC3)nc2-c2cccc(NSc3cc(F)ccc3F)c2F)ccn1. The number of aromatic nitrogens is 2. The third-order valence-electron chi connectivity index (χ3n) is 5.96. The number of benzene rings is 2. The predicted molar refractivity (Wildman–Crippen MR) is 144 cm³/mol. The lowest BCUT2D eigenvalue weighted by molar-refractivity contribution is -0.114. The molecule has 38 heavy (non-hydrogen) atoms. The second-order valence-electron chi connectivity index (χ2n) is 8.67. The smallest absolute Gasteiger partial charge is 0.222 e. The van der Waals surface area contributed by atoms with Gasteiger partial charge < -0.3 is 14.8 Å². The predicted octanol–water partition coefficient (Wildman–Crippen LogP) is 7.26. The molecule has 0 spiro atoms. The number of nitrogens with zero attached hydrogens (tertiary/aromatic N) is 2. The summed E-state index contributed by atoms with van der Waals surface area (Å²) in [5.74, 6) is -1.46. The molecule has 196 valence electrons. The zero-order valence-electron chi connectivity index (χ0n) is 20.3. The van der Waals surface area contributed by atoms with Gasteiger partial charge in [-0.05, 0) is 72.8 Å². The standard InChI is InChI=1S/C27H23F3N4O2S2/c1-15(35)32-23-13-17(7-10-31-23)26-25(33-27(37-26)16-8-11-36-12-9-16)19-3-2-4-21(24(19)30)34-38-22-14-18(28)5-6-20(22)29/h2-7,10,13-14,16,34H,8-9,11-12H2,1H3,(H,31,32,35). The zero-order valence-corrected chi connectivity index (χ0v) is 21.9. The van der Waals surface area contributed by atoms with Gasteiger partial charge in [-0.25, -0.2) is 23.1 Å². The molecule has 0 bridgehead atoms. The molecule has 0 atom stereocenters. The van der Waals surface area contributed by atoms with Crippen molar-refractivity contribution in [1.82, 2.24) is 9.97 Å². The van der Waals surface area contributed by atoms with Crippen LogP contribution in [0.5, 0.6) is 0 Å². The maximum absolute atomic E-state index is 15.9. The highest BCUT2D eigenvalue weighted by Crippen LogP contribution is 2.43. The maximum atomic E-state index is 15.9. The van der Waals surface area contributed by atoms with Crippen LogP contribution in [0.3, 0.4) is 0 Å². The van der Waals surface area contributed by atoms with Crippen LogP contribution in [0.15, 0.2) is 59.6 Å². The number of nitrogens with one attached hydrogen (secondary N) is 2. The Morgan fingerprint density at radius 2 is 1.92 bits per heavy atom. The minimum absolute atomic E-state index is 0.00763. The largest absolute Gasteiger partial charge is 0.381 e. The molecule has 2 aromatic carbocycles. The Balaban J connectivity index is 1.54. The van der Waals surface area contributed by atoms with Crippen molar-refractivity contribution in [3.63, 3.8) is 0 Å². The summed E-state index contributed by atoms with van der Waals surface area (Å²) in [6, 6.07) is 11.4. The van der Waals surface area contributed by atoms with E-state index in [1.165, 1.54) is 24.3 Å². The van der Waals surface area contributed by atoms with E-state index in [0.717, 1.165) is 58.4 Å². The summed E-state index contributed by atoms with van der Waals surface area (Å²) in [5.41, 5.74) is 1.57. The van der Waals surface area contributed by atoms with E-state index in [-0.39, 0.29) is 28.0 Å². The molecule has 1 aliphatic rings. The molecule has 2 N–H and O–H groups in total. The summed E-state index contributed by atoms with van der Waals surface area (Å²) < 4.78 is 51.8. The van der Waals surface area contributed by atoms with E-state index in [9.17, 15) is 13.6 Å². The summed E-state index contributed by atoms with van der Waals surface area (Å²) in [6.07, 6.45) is 3.22. The number of thiazole rings is 1. The first-order chi connectivity index (χ1) is 18.4. The highest BCUT2D eigenvalue weighted by atomic mass is 32.2. The summed E-state index contributed by atoms with van der Waals surface area (Å²) >= 11 is 2.26. The maximum Gasteiger partial charge on any atom is 0.222 e. The molecule has 3 heterocycles. The number of pyridine rings is 1. The van der Waals surface area contributed by atoms with E-state index in [1.807, 2.05) is 0 Å². The first kappa shape index (κ1) is 26.2. The second-order valence-corrected chi connectivity index (χ2v) is 10.6. The molecule has 0 aliphatic carbocycles. The van der Waals surface area contributed by atoms with Crippen molar-refractivity contribution in [3.05, 3.63) is 77.2 Å². The van der Waals surface area contributed by atoms with E-state index in [4.69, 9.17) is 9.72 Å². The molecule has 0 unspecified atom stereocenters. The lowest BCUT2D eigenvalue weighted by atomic mass is 10.0. The summed E-state index contributed by atoms with van der Waals surface area (Å²) in [7, 11) is 0. The van der Waals surface area contributed by atoms with E-state index in [2.05, 4.69) is 15.0 Å². The Morgan fingerprint density at radius 1 is 1.11 bits per heavy atom. The average Bonchev–Trinajstić information content (AvgIpc) is 3.35. The molecule has 1 saturated heterocycles. The molecule has 4 aromatic rings. The van der Waals surface area contributed by atoms with Crippen molar-refractivity contribution in [2.45, 2.75) is 30.6 Å². The minimum Gasteiger partial charge on any atom is -0.381 e. The number of halogens is 3. The number of anilines is 2. The van der Waals surface area contributed by atoms with Crippen molar-refractivity contribution in [3.8, 4) is 21.7 Å². The summed E-state index contributed by atoms with van der Waals surface area (Å²) in [5, 5.41) is 3.56. The average molecular weight is 557 g/mol. The van der Waals surface area contributed by atoms with Gasteiger partial charge in [0.2, 0.25) is 5.91 Å². The van der Waals surface area contributed by atoms with Gasteiger partial charge in [-0.15, -0.1) is 11.3 Å². The number of carbonyl (C=O) groups is 1. The first-order valence-electron chi connectivity index (χ1n) is 11.9. The summed E-state index contributed by atoms with van der Waals surface area (Å²) in [6.45, 7) is 2.67. The van der Waals surface area contributed by atoms with Gasteiger partial charge in [0.1, 0.15) is 17.5 Å². The Labute approximate surface area is 225 Å². The fourth-order valence-electron chi connectivity index (χ4n) is 4.11. The van der Waals surface area contributed by atoms with E-state index >= 15 is 4.39 Å². The van der Waals surface area contributed by atoms with Crippen LogP contribution in [0.2, 0.25) is 0 Å². The van der Waals surface area contributed by atoms with Gasteiger partial charge in [0.25, 0.3) is 0 Å². The number of rotatable bonds is 7. The molecular weight excluding hydrogens is 533 g/mol. The molecule has 11 heteroatoms. The normalized spacial score (nSPS) is 13.9. The molecule has 1 aliphatic heterocycles. The monoisotopic (exact) mass is 556 g/mol. The topological polar surface area (TPSA) is 76.1 Å². The minimum atomic E-state index is -0.615. The lowest BCUT2D eigenvalue weighted by Crippen LogP contribution is -2.13. The van der Waals surface area contributed by atoms with E-state index in [0.29, 0.717) is 24.7 Å². The fourth-order valence-corrected chi connectivity index (χ4v) is 6.07. The van der Waals surface area contributed by atoms with Crippen molar-refractivity contribution >= 4 is 40.7 Å². The molecule has 1 fully saturated rings. The van der Waals surface area contributed by atoms with Crippen LogP contribution in [0.4, 0.5) is 24.7 Å². The van der Waals surface area contributed by atoms with Gasteiger partial charge in [-0.2, -0.15) is 0 Å². The number of carbonyl (C=O) groups excluding carboxylic acids is 1. The number of hydrogen-bond acceptors (Lipinski definition) is 7. The molecular formula is C27H23F3N4O2S2. The Bertz CT molecular complexity index is 1470. The van der Waals surface area contributed by atoms with Crippen molar-refractivity contribution in [2.24, 2.45) is 0 Å². The van der Waals surface area contributed by atoms with Gasteiger partial charge in [0.15, 0.2) is 5.82 Å². The van der Waals surface area contributed by atoms with Crippen molar-refractivity contribution in [1.29, 1.82) is 0 Å². The zero-order chi connectivity index (χ0) is 26.6. The third kappa shape index (κ3) is 5.85. The van der Waals surface area contributed by atoms with Crippen LogP contribution in [-0.2, 0) is 9.53 Å². The van der Waals surface area contributed by atoms with Crippen LogP contribution >= 0.6 is 23.3 Å². The van der Waals surface area contributed by atoms with Crippen LogP contribution in [0, 0.1) is 17.5 Å². The lowest BCUT2D eigenvalue weighted by Gasteiger charge is -2.19. The number of hydrogen-bond donors (Lipinski definition) is 2. The molecule has 1 amide bonds. The second kappa shape index (κ2) is 11.5. The Morgan fingerprint density at radius 3 is 2.71 bits per heavy atom. The van der Waals surface area contributed by atoms with E-state index < -0.39 is 17.5 Å². The van der Waals surface area contributed by atoms with Crippen LogP contribution in [0.1, 0.15) is 30.7 Å². The third-order valence-corrected chi connectivity index (χ3v) is 8.08. The Kier molecular flexibility index (Phi) is 7.96. The number of amides is 1. The van der Waals surface area contributed by atoms with Crippen molar-refractivity contribution < 1.29 is 22.7 Å². The first-order valence-corrected chi connectivity index (χ1v) is 13.5. The quantitative estimate of drug-likeness (QED) is 0.233. The Hall–Kier alpha value is -3.41. The molecule has 2 aromatic heterocycles. The van der Waals surface area contributed by atoms with Crippen molar-refractivity contribution in [2.75, 3.05) is 23.3 Å². The van der Waals surface area contributed by atoms with Gasteiger partial charge in [-0.1, -0.05) is 6.07 Å².